The van der Waals surface area contributed by atoms with E-state index in [1.807, 2.05) is 5.51 Å². The fourth-order valence-electron chi connectivity index (χ4n) is 3.58. The summed E-state index contributed by atoms with van der Waals surface area (Å²) in [6.07, 6.45) is -0.374. The summed E-state index contributed by atoms with van der Waals surface area (Å²) in [4.78, 5) is 17.0. The number of alkyl halides is 3. The Balaban J connectivity index is 0.000000396. The number of aliphatic carboxylic acids is 1. The maximum atomic E-state index is 11.5. The number of hydrogen-bond acceptors (Lipinski definition) is 7. The van der Waals surface area contributed by atoms with Gasteiger partial charge >= 0.3 is 12.1 Å². The summed E-state index contributed by atoms with van der Waals surface area (Å²) >= 11 is 1.72. The van der Waals surface area contributed by atoms with Crippen molar-refractivity contribution in [2.24, 2.45) is 0 Å². The van der Waals surface area contributed by atoms with Gasteiger partial charge in [-0.25, -0.2) is 22.9 Å². The van der Waals surface area contributed by atoms with Crippen molar-refractivity contribution in [2.45, 2.75) is 57.0 Å². The third-order valence-electron chi connectivity index (χ3n) is 5.10. The predicted molar refractivity (Wildman–Crippen MR) is 105 cm³/mol. The molecule has 1 spiro atoms. The maximum absolute atomic E-state index is 11.5. The van der Waals surface area contributed by atoms with Gasteiger partial charge in [-0.2, -0.15) is 13.2 Å². The van der Waals surface area contributed by atoms with E-state index in [1.165, 1.54) is 11.1 Å². The Bertz CT molecular complexity index is 821. The van der Waals surface area contributed by atoms with E-state index in [2.05, 4.69) is 21.5 Å². The van der Waals surface area contributed by atoms with Crippen molar-refractivity contribution in [1.29, 1.82) is 0 Å². The van der Waals surface area contributed by atoms with Crippen LogP contribution in [0.2, 0.25) is 0 Å². The van der Waals surface area contributed by atoms with Crippen LogP contribution in [0.3, 0.4) is 0 Å². The van der Waals surface area contributed by atoms with Gasteiger partial charge in [-0.05, 0) is 32.6 Å². The number of sulfonamides is 1. The first-order chi connectivity index (χ1) is 13.8. The second-order valence-corrected chi connectivity index (χ2v) is 10.3. The van der Waals surface area contributed by atoms with Crippen LogP contribution < -0.4 is 4.72 Å². The standard InChI is InChI=1S/C15H25N3O3S2.C2HF3O2/c1-12-14(22-11-16-12)10-18-6-4-15(5-7-18)9-13(3-8-21-15)17-23(2,19)20;3-2(4,5)1(6)7/h11,13,17H,3-10H2,1-2H3;(H,6,7). The summed E-state index contributed by atoms with van der Waals surface area (Å²) in [6.45, 7) is 5.63. The summed E-state index contributed by atoms with van der Waals surface area (Å²) in [6, 6.07) is 0.00837. The smallest absolute Gasteiger partial charge is 0.475 e. The number of carbonyl (C=O) groups is 1. The van der Waals surface area contributed by atoms with Crippen LogP contribution in [0.4, 0.5) is 13.2 Å². The van der Waals surface area contributed by atoms with E-state index in [1.54, 1.807) is 11.3 Å². The molecule has 3 heterocycles. The quantitative estimate of drug-likeness (QED) is 0.690. The van der Waals surface area contributed by atoms with Crippen LogP contribution in [0.25, 0.3) is 0 Å². The minimum absolute atomic E-state index is 0.00837. The van der Waals surface area contributed by atoms with Gasteiger partial charge in [0.25, 0.3) is 0 Å². The van der Waals surface area contributed by atoms with E-state index in [0.717, 1.165) is 51.0 Å². The van der Waals surface area contributed by atoms with E-state index in [9.17, 15) is 21.6 Å². The SMILES string of the molecule is Cc1ncsc1CN1CCC2(CC1)CC(NS(C)(=O)=O)CCO2.O=C(O)C(F)(F)F. The molecule has 1 aromatic rings. The monoisotopic (exact) mass is 473 g/mol. The Hall–Kier alpha value is -1.28. The second kappa shape index (κ2) is 9.90. The van der Waals surface area contributed by atoms with E-state index in [0.29, 0.717) is 6.61 Å². The van der Waals surface area contributed by atoms with Crippen LogP contribution in [-0.2, 0) is 26.1 Å². The highest BCUT2D eigenvalue weighted by Gasteiger charge is 2.41. The van der Waals surface area contributed by atoms with Crippen LogP contribution in [0.5, 0.6) is 0 Å². The lowest BCUT2D eigenvalue weighted by molar-refractivity contribution is -0.192. The van der Waals surface area contributed by atoms with Crippen molar-refractivity contribution in [3.05, 3.63) is 16.1 Å². The van der Waals surface area contributed by atoms with Crippen molar-refractivity contribution < 1.29 is 36.2 Å². The molecular weight excluding hydrogens is 447 g/mol. The molecule has 3 rings (SSSR count). The number of hydrogen-bond donors (Lipinski definition) is 2. The van der Waals surface area contributed by atoms with E-state index < -0.39 is 22.2 Å². The minimum Gasteiger partial charge on any atom is -0.475 e. The molecule has 1 atom stereocenters. The number of halogens is 3. The zero-order valence-electron chi connectivity index (χ0n) is 16.7. The average Bonchev–Trinajstić information content (AvgIpc) is 3.00. The highest BCUT2D eigenvalue weighted by molar-refractivity contribution is 7.88. The Morgan fingerprint density at radius 3 is 2.50 bits per heavy atom. The first-order valence-corrected chi connectivity index (χ1v) is 12.1. The number of nitrogens with zero attached hydrogens (tertiary/aromatic N) is 2. The molecule has 1 aromatic heterocycles. The molecule has 172 valence electrons. The molecule has 0 aromatic carbocycles. The molecule has 2 aliphatic rings. The van der Waals surface area contributed by atoms with Gasteiger partial charge in [-0.3, -0.25) is 4.90 Å². The molecule has 2 fully saturated rings. The van der Waals surface area contributed by atoms with E-state index in [-0.39, 0.29) is 11.6 Å². The lowest BCUT2D eigenvalue weighted by atomic mass is 9.82. The predicted octanol–water partition coefficient (Wildman–Crippen LogP) is 2.15. The molecule has 2 saturated heterocycles. The fourth-order valence-corrected chi connectivity index (χ4v) is 5.20. The number of carboxylic acids is 1. The molecule has 2 N–H and O–H groups in total. The Morgan fingerprint density at radius 1 is 1.43 bits per heavy atom. The van der Waals surface area contributed by atoms with Crippen molar-refractivity contribution >= 4 is 27.3 Å². The van der Waals surface area contributed by atoms with Crippen LogP contribution in [0.1, 0.15) is 36.3 Å². The lowest BCUT2D eigenvalue weighted by Gasteiger charge is -2.46. The molecule has 0 bridgehead atoms. The van der Waals surface area contributed by atoms with Gasteiger partial charge in [0.15, 0.2) is 0 Å². The number of thiazole rings is 1. The number of ether oxygens (including phenoxy) is 1. The van der Waals surface area contributed by atoms with E-state index in [4.69, 9.17) is 14.6 Å². The molecule has 1 unspecified atom stereocenters. The van der Waals surface area contributed by atoms with E-state index >= 15 is 0 Å². The van der Waals surface area contributed by atoms with Gasteiger partial charge in [0.1, 0.15) is 0 Å². The normalized spacial score (nSPS) is 22.4. The summed E-state index contributed by atoms with van der Waals surface area (Å²) < 4.78 is 63.5. The summed E-state index contributed by atoms with van der Waals surface area (Å²) in [5, 5.41) is 7.12. The van der Waals surface area contributed by atoms with Gasteiger partial charge in [-0.1, -0.05) is 0 Å². The van der Waals surface area contributed by atoms with Crippen molar-refractivity contribution in [3.8, 4) is 0 Å². The zero-order chi connectivity index (χ0) is 22.6. The number of rotatable bonds is 4. The third kappa shape index (κ3) is 7.76. The van der Waals surface area contributed by atoms with Crippen LogP contribution in [-0.4, -0.2) is 73.1 Å². The van der Waals surface area contributed by atoms with Crippen molar-refractivity contribution in [1.82, 2.24) is 14.6 Å². The van der Waals surface area contributed by atoms with Crippen LogP contribution in [0, 0.1) is 6.92 Å². The zero-order valence-corrected chi connectivity index (χ0v) is 18.4. The third-order valence-corrected chi connectivity index (χ3v) is 6.78. The molecule has 8 nitrogen and oxygen atoms in total. The number of piperidine rings is 1. The Labute approximate surface area is 177 Å². The summed E-state index contributed by atoms with van der Waals surface area (Å²) in [7, 11) is -3.15. The lowest BCUT2D eigenvalue weighted by Crippen LogP contribution is -2.53. The van der Waals surface area contributed by atoms with Gasteiger partial charge in [0.2, 0.25) is 10.0 Å². The molecule has 0 saturated carbocycles. The molecule has 13 heteroatoms. The van der Waals surface area contributed by atoms with Gasteiger partial charge < -0.3 is 9.84 Å². The number of aryl methyl sites for hydroxylation is 1. The number of carboxylic acid groups (broad SMARTS) is 1. The molecule has 0 radical (unpaired) electrons. The molecule has 0 amide bonds. The van der Waals surface area contributed by atoms with Crippen LogP contribution in [0.15, 0.2) is 5.51 Å². The maximum Gasteiger partial charge on any atom is 0.490 e. The number of likely N-dealkylation sites (tertiary alicyclic amines) is 1. The topological polar surface area (TPSA) is 109 Å². The fraction of sp³-hybridized carbons (Fsp3) is 0.765. The largest absolute Gasteiger partial charge is 0.490 e. The Morgan fingerprint density at radius 2 is 2.03 bits per heavy atom. The number of nitrogens with one attached hydrogen (secondary N) is 1. The van der Waals surface area contributed by atoms with Gasteiger partial charge in [0.05, 0.1) is 23.1 Å². The Kier molecular flexibility index (Phi) is 8.24. The second-order valence-electron chi connectivity index (χ2n) is 7.55. The molecule has 0 aliphatic carbocycles. The molecular formula is C17H26F3N3O5S2. The first kappa shape index (κ1) is 25.0. The average molecular weight is 474 g/mol. The molecule has 30 heavy (non-hydrogen) atoms. The number of aromatic nitrogens is 1. The summed E-state index contributed by atoms with van der Waals surface area (Å²) in [5.74, 6) is -2.76. The first-order valence-electron chi connectivity index (χ1n) is 9.32. The van der Waals surface area contributed by atoms with Crippen molar-refractivity contribution in [2.75, 3.05) is 26.0 Å². The summed E-state index contributed by atoms with van der Waals surface area (Å²) in [5.41, 5.74) is 2.88. The minimum atomic E-state index is -5.08. The molecule has 2 aliphatic heterocycles. The highest BCUT2D eigenvalue weighted by atomic mass is 32.2. The van der Waals surface area contributed by atoms with Gasteiger partial charge in [0, 0.05) is 37.2 Å². The van der Waals surface area contributed by atoms with Crippen molar-refractivity contribution in [3.63, 3.8) is 0 Å². The van der Waals surface area contributed by atoms with Crippen LogP contribution >= 0.6 is 11.3 Å². The van der Waals surface area contributed by atoms with Gasteiger partial charge in [-0.15, -0.1) is 11.3 Å². The highest BCUT2D eigenvalue weighted by Crippen LogP contribution is 2.35.